The molecule has 1 aromatic heterocycles. The summed E-state index contributed by atoms with van der Waals surface area (Å²) in [6.45, 7) is 2.66. The molecule has 8 heteroatoms. The van der Waals surface area contributed by atoms with Crippen LogP contribution in [0.3, 0.4) is 0 Å². The van der Waals surface area contributed by atoms with Gasteiger partial charge in [0, 0.05) is 21.5 Å². The van der Waals surface area contributed by atoms with Crippen LogP contribution in [0.15, 0.2) is 70.6 Å². The molecule has 3 aromatic carbocycles. The maximum atomic E-state index is 13.5. The van der Waals surface area contributed by atoms with Crippen molar-refractivity contribution in [3.63, 3.8) is 0 Å². The first-order chi connectivity index (χ1) is 18.5. The Morgan fingerprint density at radius 2 is 1.82 bits per heavy atom. The van der Waals surface area contributed by atoms with Crippen molar-refractivity contribution in [3.8, 4) is 11.5 Å². The molecule has 1 fully saturated rings. The first-order valence-corrected chi connectivity index (χ1v) is 13.7. The highest BCUT2D eigenvalue weighted by molar-refractivity contribution is 6.35. The second kappa shape index (κ2) is 12.0. The summed E-state index contributed by atoms with van der Waals surface area (Å²) in [6, 6.07) is 18.3. The van der Waals surface area contributed by atoms with Gasteiger partial charge in [0.25, 0.3) is 5.56 Å². The average molecular weight is 550 g/mol. The lowest BCUT2D eigenvalue weighted by atomic mass is 9.88. The minimum Gasteiger partial charge on any atom is -0.490 e. The molecule has 5 rings (SSSR count). The molecule has 38 heavy (non-hydrogen) atoms. The molecular weight excluding hydrogens is 521 g/mol. The monoisotopic (exact) mass is 549 g/mol. The zero-order chi connectivity index (χ0) is 26.5. The summed E-state index contributed by atoms with van der Waals surface area (Å²) >= 11 is 12.3. The molecule has 0 saturated heterocycles. The highest BCUT2D eigenvalue weighted by Crippen LogP contribution is 2.32. The molecule has 1 saturated carbocycles. The lowest BCUT2D eigenvalue weighted by molar-refractivity contribution is 0.269. The van der Waals surface area contributed by atoms with Crippen molar-refractivity contribution >= 4 is 40.3 Å². The molecule has 0 atom stereocenters. The van der Waals surface area contributed by atoms with Gasteiger partial charge in [0.05, 0.1) is 23.7 Å². The number of benzene rings is 3. The summed E-state index contributed by atoms with van der Waals surface area (Å²) in [5, 5.41) is 6.31. The fraction of sp³-hybridized carbons (Fsp3) is 0.300. The Kier molecular flexibility index (Phi) is 8.30. The van der Waals surface area contributed by atoms with Crippen LogP contribution in [0.1, 0.15) is 61.9 Å². The molecule has 0 bridgehead atoms. The third-order valence-corrected chi connectivity index (χ3v) is 7.32. The van der Waals surface area contributed by atoms with Gasteiger partial charge in [0.15, 0.2) is 11.5 Å². The Bertz CT molecular complexity index is 1530. The zero-order valence-electron chi connectivity index (χ0n) is 21.2. The van der Waals surface area contributed by atoms with E-state index in [-0.39, 0.29) is 18.1 Å². The Hall–Kier alpha value is -3.35. The van der Waals surface area contributed by atoms with Gasteiger partial charge >= 0.3 is 0 Å². The molecule has 0 spiro atoms. The van der Waals surface area contributed by atoms with Gasteiger partial charge in [-0.2, -0.15) is 9.78 Å². The Balaban J connectivity index is 1.45. The second-order valence-corrected chi connectivity index (χ2v) is 10.2. The van der Waals surface area contributed by atoms with Crippen LogP contribution in [0.2, 0.25) is 10.0 Å². The first kappa shape index (κ1) is 26.3. The predicted octanol–water partition coefficient (Wildman–Crippen LogP) is 7.61. The maximum absolute atomic E-state index is 13.5. The van der Waals surface area contributed by atoms with Crippen LogP contribution in [-0.2, 0) is 6.61 Å². The Morgan fingerprint density at radius 3 is 2.61 bits per heavy atom. The van der Waals surface area contributed by atoms with Crippen LogP contribution in [0, 0.1) is 0 Å². The number of hydrogen-bond acceptors (Lipinski definition) is 5. The first-order valence-electron chi connectivity index (χ1n) is 12.9. The number of para-hydroxylation sites is 1. The summed E-state index contributed by atoms with van der Waals surface area (Å²) in [6.07, 6.45) is 7.19. The number of rotatable bonds is 8. The maximum Gasteiger partial charge on any atom is 0.282 e. The van der Waals surface area contributed by atoms with Crippen molar-refractivity contribution < 1.29 is 9.47 Å². The minimum absolute atomic E-state index is 0.155. The van der Waals surface area contributed by atoms with Gasteiger partial charge in [-0.3, -0.25) is 4.79 Å². The van der Waals surface area contributed by atoms with Gasteiger partial charge in [-0.05, 0) is 67.8 Å². The zero-order valence-corrected chi connectivity index (χ0v) is 22.7. The molecule has 6 nitrogen and oxygen atoms in total. The van der Waals surface area contributed by atoms with E-state index in [4.69, 9.17) is 37.7 Å². The number of aromatic nitrogens is 2. The van der Waals surface area contributed by atoms with Crippen molar-refractivity contribution in [3.05, 3.63) is 98.0 Å². The molecule has 1 aliphatic carbocycles. The fourth-order valence-electron chi connectivity index (χ4n) is 4.79. The molecule has 0 amide bonds. The molecule has 196 valence electrons. The van der Waals surface area contributed by atoms with Gasteiger partial charge < -0.3 is 9.47 Å². The van der Waals surface area contributed by atoms with Crippen molar-refractivity contribution in [2.45, 2.75) is 51.6 Å². The van der Waals surface area contributed by atoms with E-state index in [1.54, 1.807) is 24.4 Å². The van der Waals surface area contributed by atoms with Crippen LogP contribution < -0.4 is 15.0 Å². The molecule has 4 aromatic rings. The number of fused-ring (bicyclic) bond motifs is 1. The third-order valence-electron chi connectivity index (χ3n) is 6.74. The van der Waals surface area contributed by atoms with E-state index in [1.165, 1.54) is 11.1 Å². The van der Waals surface area contributed by atoms with Crippen molar-refractivity contribution in [1.29, 1.82) is 0 Å². The van der Waals surface area contributed by atoms with Crippen LogP contribution >= 0.6 is 23.2 Å². The summed E-state index contributed by atoms with van der Waals surface area (Å²) in [5.74, 6) is 2.11. The van der Waals surface area contributed by atoms with Gasteiger partial charge in [0.2, 0.25) is 0 Å². The highest BCUT2D eigenvalue weighted by Gasteiger charge is 2.22. The number of hydrogen-bond donors (Lipinski definition) is 0. The number of ether oxygens (including phenoxy) is 2. The van der Waals surface area contributed by atoms with E-state index in [0.717, 1.165) is 42.6 Å². The molecule has 0 radical (unpaired) electrons. The quantitative estimate of drug-likeness (QED) is 0.212. The van der Waals surface area contributed by atoms with Crippen molar-refractivity contribution in [2.75, 3.05) is 6.61 Å². The highest BCUT2D eigenvalue weighted by atomic mass is 35.5. The van der Waals surface area contributed by atoms with E-state index in [9.17, 15) is 4.79 Å². The van der Waals surface area contributed by atoms with E-state index in [1.807, 2.05) is 49.4 Å². The van der Waals surface area contributed by atoms with Gasteiger partial charge in [-0.15, -0.1) is 0 Å². The van der Waals surface area contributed by atoms with Crippen LogP contribution in [0.5, 0.6) is 11.5 Å². The van der Waals surface area contributed by atoms with Crippen LogP contribution in [-0.4, -0.2) is 22.5 Å². The van der Waals surface area contributed by atoms with Crippen molar-refractivity contribution in [1.82, 2.24) is 9.66 Å². The van der Waals surface area contributed by atoms with Gasteiger partial charge in [-0.25, -0.2) is 4.98 Å². The smallest absolute Gasteiger partial charge is 0.282 e. The summed E-state index contributed by atoms with van der Waals surface area (Å²) < 4.78 is 13.3. The van der Waals surface area contributed by atoms with E-state index in [2.05, 4.69) is 5.10 Å². The number of halogens is 2. The lowest BCUT2D eigenvalue weighted by Crippen LogP contribution is -2.25. The Morgan fingerprint density at radius 1 is 1.00 bits per heavy atom. The van der Waals surface area contributed by atoms with Gasteiger partial charge in [0.1, 0.15) is 12.4 Å². The topological polar surface area (TPSA) is 65.7 Å². The van der Waals surface area contributed by atoms with E-state index >= 15 is 0 Å². The SMILES string of the molecule is CCOc1cc(C=Nn2c(C3CCCCC3)nc3ccccc3c2=O)ccc1OCc1ccc(Cl)cc1Cl. The average Bonchev–Trinajstić information content (AvgIpc) is 2.93. The molecule has 0 N–H and O–H groups in total. The normalized spacial score (nSPS) is 14.3. The largest absolute Gasteiger partial charge is 0.490 e. The fourth-order valence-corrected chi connectivity index (χ4v) is 5.25. The minimum atomic E-state index is -0.155. The standard InChI is InChI=1S/C30H29Cl2N3O3/c1-2-37-28-16-20(12-15-27(28)38-19-22-13-14-23(31)17-25(22)32)18-33-35-29(21-8-4-3-5-9-21)34-26-11-7-6-10-24(26)30(35)36/h6-7,10-18,21H,2-5,8-9,19H2,1H3. The van der Waals surface area contributed by atoms with E-state index in [0.29, 0.717) is 39.1 Å². The Labute approximate surface area is 231 Å². The third kappa shape index (κ3) is 5.87. The van der Waals surface area contributed by atoms with Crippen LogP contribution in [0.25, 0.3) is 10.9 Å². The van der Waals surface area contributed by atoms with E-state index < -0.39 is 0 Å². The molecule has 1 aliphatic rings. The molecular formula is C30H29Cl2N3O3. The van der Waals surface area contributed by atoms with Crippen LogP contribution in [0.4, 0.5) is 0 Å². The number of nitrogens with zero attached hydrogens (tertiary/aromatic N) is 3. The predicted molar refractivity (Wildman–Crippen MR) is 153 cm³/mol. The van der Waals surface area contributed by atoms with Gasteiger partial charge in [-0.1, -0.05) is 60.7 Å². The summed E-state index contributed by atoms with van der Waals surface area (Å²) in [7, 11) is 0. The molecule has 0 aliphatic heterocycles. The summed E-state index contributed by atoms with van der Waals surface area (Å²) in [5.41, 5.74) is 2.16. The second-order valence-electron chi connectivity index (χ2n) is 9.35. The lowest BCUT2D eigenvalue weighted by Gasteiger charge is -2.22. The molecule has 1 heterocycles. The molecule has 0 unspecified atom stereocenters. The van der Waals surface area contributed by atoms with Crippen molar-refractivity contribution in [2.24, 2.45) is 5.10 Å². The summed E-state index contributed by atoms with van der Waals surface area (Å²) in [4.78, 5) is 18.3.